The lowest BCUT2D eigenvalue weighted by atomic mass is 10.4. The molecule has 0 aliphatic rings. The van der Waals surface area contributed by atoms with Crippen molar-refractivity contribution in [3.05, 3.63) is 29.0 Å². The Bertz CT molecular complexity index is 489. The quantitative estimate of drug-likeness (QED) is 0.841. The lowest BCUT2D eigenvalue weighted by Crippen LogP contribution is -2.14. The van der Waals surface area contributed by atoms with Gasteiger partial charge in [-0.15, -0.1) is 0 Å². The normalized spacial score (nSPS) is 10.9. The zero-order valence-corrected chi connectivity index (χ0v) is 9.49. The van der Waals surface area contributed by atoms with Crippen LogP contribution in [0.15, 0.2) is 18.2 Å². The highest BCUT2D eigenvalue weighted by molar-refractivity contribution is 6.30. The van der Waals surface area contributed by atoms with Gasteiger partial charge in [-0.25, -0.2) is 4.98 Å². The van der Waals surface area contributed by atoms with Crippen LogP contribution in [0.1, 0.15) is 5.69 Å². The zero-order chi connectivity index (χ0) is 11.0. The third kappa shape index (κ3) is 1.56. The summed E-state index contributed by atoms with van der Waals surface area (Å²) in [4.78, 5) is 6.25. The third-order valence-corrected chi connectivity index (χ3v) is 2.62. The number of fused-ring (bicyclic) bond motifs is 1. The van der Waals surface area contributed by atoms with E-state index >= 15 is 0 Å². The summed E-state index contributed by atoms with van der Waals surface area (Å²) in [6, 6.07) is 5.87. The van der Waals surface area contributed by atoms with Crippen molar-refractivity contribution >= 4 is 23.1 Å². The number of hydrogen-bond acceptors (Lipinski definition) is 3. The number of anilines is 1. The highest BCUT2D eigenvalue weighted by Crippen LogP contribution is 2.22. The van der Waals surface area contributed by atoms with Crippen LogP contribution in [0, 0.1) is 0 Å². The maximum absolute atomic E-state index is 6.01. The molecule has 15 heavy (non-hydrogen) atoms. The second-order valence-corrected chi connectivity index (χ2v) is 3.88. The fraction of sp³-hybridized carbons (Fsp3) is 0.300. The number of rotatable bonds is 2. The highest BCUT2D eigenvalue weighted by atomic mass is 35.5. The van der Waals surface area contributed by atoms with E-state index in [0.29, 0.717) is 11.7 Å². The Labute approximate surface area is 93.3 Å². The van der Waals surface area contributed by atoms with E-state index in [0.717, 1.165) is 17.2 Å². The molecule has 0 saturated heterocycles. The van der Waals surface area contributed by atoms with E-state index in [1.165, 1.54) is 0 Å². The first kappa shape index (κ1) is 10.3. The minimum Gasteiger partial charge on any atom is -0.364 e. The number of pyridine rings is 1. The predicted molar refractivity (Wildman–Crippen MR) is 62.4 cm³/mol. The van der Waals surface area contributed by atoms with Crippen molar-refractivity contribution in [1.29, 1.82) is 0 Å². The molecule has 2 rings (SSSR count). The van der Waals surface area contributed by atoms with Crippen LogP contribution in [0.3, 0.4) is 0 Å². The number of imidazole rings is 1. The van der Waals surface area contributed by atoms with Crippen LogP contribution in [0.4, 0.5) is 5.82 Å². The van der Waals surface area contributed by atoms with E-state index < -0.39 is 0 Å². The Morgan fingerprint density at radius 1 is 1.47 bits per heavy atom. The Kier molecular flexibility index (Phi) is 2.54. The molecule has 80 valence electrons. The van der Waals surface area contributed by atoms with Crippen molar-refractivity contribution in [2.45, 2.75) is 6.54 Å². The van der Waals surface area contributed by atoms with E-state index in [9.17, 15) is 0 Å². The first-order chi connectivity index (χ1) is 7.15. The van der Waals surface area contributed by atoms with Gasteiger partial charge < -0.3 is 10.6 Å². The average molecular weight is 225 g/mol. The smallest absolute Gasteiger partial charge is 0.152 e. The molecular formula is C10H13ClN4. The molecule has 4 nitrogen and oxygen atoms in total. The molecule has 0 unspecified atom stereocenters. The minimum absolute atomic E-state index is 0.380. The number of nitrogens with zero attached hydrogens (tertiary/aromatic N) is 3. The van der Waals surface area contributed by atoms with Crippen molar-refractivity contribution in [1.82, 2.24) is 9.38 Å². The molecular weight excluding hydrogens is 212 g/mol. The summed E-state index contributed by atoms with van der Waals surface area (Å²) in [7, 11) is 3.95. The number of halogens is 1. The molecule has 0 spiro atoms. The summed E-state index contributed by atoms with van der Waals surface area (Å²) in [5, 5.41) is 0.479. The number of hydrogen-bond donors (Lipinski definition) is 1. The Morgan fingerprint density at radius 2 is 2.20 bits per heavy atom. The third-order valence-electron chi connectivity index (χ3n) is 2.32. The summed E-state index contributed by atoms with van der Waals surface area (Å²) in [5.41, 5.74) is 7.34. The van der Waals surface area contributed by atoms with Gasteiger partial charge in [0, 0.05) is 20.6 Å². The van der Waals surface area contributed by atoms with Gasteiger partial charge >= 0.3 is 0 Å². The van der Waals surface area contributed by atoms with E-state index in [1.54, 1.807) is 0 Å². The van der Waals surface area contributed by atoms with Crippen LogP contribution < -0.4 is 10.6 Å². The Morgan fingerprint density at radius 3 is 2.80 bits per heavy atom. The Balaban J connectivity index is 2.81. The molecule has 0 amide bonds. The van der Waals surface area contributed by atoms with E-state index in [4.69, 9.17) is 17.3 Å². The molecule has 2 aromatic heterocycles. The molecule has 0 fully saturated rings. The second kappa shape index (κ2) is 3.72. The molecule has 2 N–H and O–H groups in total. The molecule has 5 heteroatoms. The van der Waals surface area contributed by atoms with Gasteiger partial charge in [-0.1, -0.05) is 17.7 Å². The van der Waals surface area contributed by atoms with Crippen LogP contribution in [0.5, 0.6) is 0 Å². The lowest BCUT2D eigenvalue weighted by Gasteiger charge is -2.15. The fourth-order valence-electron chi connectivity index (χ4n) is 1.63. The zero-order valence-electron chi connectivity index (χ0n) is 8.74. The van der Waals surface area contributed by atoms with Gasteiger partial charge in [0.05, 0.1) is 5.69 Å². The molecule has 0 aliphatic carbocycles. The first-order valence-corrected chi connectivity index (χ1v) is 5.06. The number of aromatic nitrogens is 2. The second-order valence-electron chi connectivity index (χ2n) is 3.53. The molecule has 0 aromatic carbocycles. The average Bonchev–Trinajstić information content (AvgIpc) is 2.52. The molecule has 2 heterocycles. The number of nitrogens with two attached hydrogens (primary N) is 1. The maximum atomic E-state index is 6.01. The monoisotopic (exact) mass is 224 g/mol. The van der Waals surface area contributed by atoms with Gasteiger partial charge in [0.15, 0.2) is 5.15 Å². The van der Waals surface area contributed by atoms with Gasteiger partial charge in [-0.3, -0.25) is 4.40 Å². The summed E-state index contributed by atoms with van der Waals surface area (Å²) in [6.07, 6.45) is 0. The predicted octanol–water partition coefficient (Wildman–Crippen LogP) is 1.51. The van der Waals surface area contributed by atoms with Crippen LogP contribution >= 0.6 is 11.6 Å². The topological polar surface area (TPSA) is 46.6 Å². The maximum Gasteiger partial charge on any atom is 0.152 e. The standard InChI is InChI=1S/C10H13ClN4/c1-14(2)9-5-3-4-8-13-10(11)7(6-12)15(8)9/h3-5H,6,12H2,1-2H3. The van der Waals surface area contributed by atoms with Crippen molar-refractivity contribution in [2.24, 2.45) is 5.73 Å². The summed E-state index contributed by atoms with van der Waals surface area (Å²) in [5.74, 6) is 1.02. The molecule has 2 aromatic rings. The van der Waals surface area contributed by atoms with Crippen LogP contribution in [-0.4, -0.2) is 23.5 Å². The lowest BCUT2D eigenvalue weighted by molar-refractivity contribution is 0.929. The summed E-state index contributed by atoms with van der Waals surface area (Å²) < 4.78 is 1.97. The molecule has 0 aliphatic heterocycles. The van der Waals surface area contributed by atoms with Gasteiger partial charge in [-0.2, -0.15) is 0 Å². The van der Waals surface area contributed by atoms with Gasteiger partial charge in [-0.05, 0) is 12.1 Å². The van der Waals surface area contributed by atoms with Gasteiger partial charge in [0.25, 0.3) is 0 Å². The molecule has 0 radical (unpaired) electrons. The SMILES string of the molecule is CN(C)c1cccc2nc(Cl)c(CN)n12. The highest BCUT2D eigenvalue weighted by Gasteiger charge is 2.12. The van der Waals surface area contributed by atoms with Crippen molar-refractivity contribution in [3.63, 3.8) is 0 Å². The molecule has 0 atom stereocenters. The molecule has 0 bridgehead atoms. The van der Waals surface area contributed by atoms with Crippen molar-refractivity contribution < 1.29 is 0 Å². The minimum atomic E-state index is 0.380. The Hall–Kier alpha value is -1.26. The van der Waals surface area contributed by atoms with E-state index in [1.807, 2.05) is 41.6 Å². The van der Waals surface area contributed by atoms with Crippen LogP contribution in [0.25, 0.3) is 5.65 Å². The van der Waals surface area contributed by atoms with Crippen molar-refractivity contribution in [2.75, 3.05) is 19.0 Å². The van der Waals surface area contributed by atoms with Crippen molar-refractivity contribution in [3.8, 4) is 0 Å². The first-order valence-electron chi connectivity index (χ1n) is 4.68. The van der Waals surface area contributed by atoms with Crippen LogP contribution in [0.2, 0.25) is 5.15 Å². The summed E-state index contributed by atoms with van der Waals surface area (Å²) in [6.45, 7) is 0.380. The molecule has 0 saturated carbocycles. The summed E-state index contributed by atoms with van der Waals surface area (Å²) >= 11 is 6.01. The van der Waals surface area contributed by atoms with E-state index in [2.05, 4.69) is 4.98 Å². The largest absolute Gasteiger partial charge is 0.364 e. The van der Waals surface area contributed by atoms with E-state index in [-0.39, 0.29) is 0 Å². The van der Waals surface area contributed by atoms with Gasteiger partial charge in [0.2, 0.25) is 0 Å². The fourth-order valence-corrected chi connectivity index (χ4v) is 1.88. The van der Waals surface area contributed by atoms with Gasteiger partial charge in [0.1, 0.15) is 11.5 Å². The van der Waals surface area contributed by atoms with Crippen LogP contribution in [-0.2, 0) is 6.54 Å².